The fraction of sp³-hybridized carbons (Fsp3) is 0.250. The van der Waals surface area contributed by atoms with Crippen molar-refractivity contribution in [2.24, 2.45) is 0 Å². The van der Waals surface area contributed by atoms with E-state index in [2.05, 4.69) is 28.6 Å². The zero-order chi connectivity index (χ0) is 16.9. The molecular weight excluding hydrogens is 306 g/mol. The molecule has 24 heavy (non-hydrogen) atoms. The van der Waals surface area contributed by atoms with E-state index < -0.39 is 6.43 Å². The van der Waals surface area contributed by atoms with Crippen LogP contribution in [0.3, 0.4) is 0 Å². The highest BCUT2D eigenvalue weighted by molar-refractivity contribution is 5.31. The summed E-state index contributed by atoms with van der Waals surface area (Å²) in [5.41, 5.74) is 2.14. The molecule has 1 heterocycles. The summed E-state index contributed by atoms with van der Waals surface area (Å²) in [6.45, 7) is 2.78. The number of benzene rings is 2. The van der Waals surface area contributed by atoms with Gasteiger partial charge in [-0.15, -0.1) is 0 Å². The van der Waals surface area contributed by atoms with Crippen molar-refractivity contribution in [2.75, 3.05) is 0 Å². The van der Waals surface area contributed by atoms with Crippen LogP contribution >= 0.6 is 0 Å². The number of hydrogen-bond acceptors (Lipinski definition) is 1. The molecule has 3 rings (SSSR count). The molecule has 4 heteroatoms. The first-order valence-corrected chi connectivity index (χ1v) is 8.12. The van der Waals surface area contributed by atoms with Gasteiger partial charge < -0.3 is 4.57 Å². The molecule has 0 aliphatic rings. The lowest BCUT2D eigenvalue weighted by Gasteiger charge is -2.18. The third-order valence-corrected chi connectivity index (χ3v) is 4.23. The zero-order valence-electron chi connectivity index (χ0n) is 13.6. The molecular formula is C20H20F2N2. The lowest BCUT2D eigenvalue weighted by atomic mass is 9.94. The fourth-order valence-electron chi connectivity index (χ4n) is 3.02. The summed E-state index contributed by atoms with van der Waals surface area (Å²) in [7, 11) is 0. The number of rotatable bonds is 6. The molecule has 1 aromatic heterocycles. The molecule has 1 atom stereocenters. The van der Waals surface area contributed by atoms with Gasteiger partial charge in [-0.1, -0.05) is 55.5 Å². The monoisotopic (exact) mass is 326 g/mol. The maximum Gasteiger partial charge on any atom is 0.263 e. The Hall–Kier alpha value is -2.49. The van der Waals surface area contributed by atoms with Gasteiger partial charge in [0.1, 0.15) is 5.82 Å². The molecule has 0 N–H and O–H groups in total. The van der Waals surface area contributed by atoms with Crippen molar-refractivity contribution in [3.63, 3.8) is 0 Å². The Labute approximate surface area is 140 Å². The highest BCUT2D eigenvalue weighted by Gasteiger charge is 2.19. The number of hydrogen-bond donors (Lipinski definition) is 0. The van der Waals surface area contributed by atoms with E-state index in [0.717, 1.165) is 24.4 Å². The largest absolute Gasteiger partial charge is 0.330 e. The minimum absolute atomic E-state index is 0.00223. The Balaban J connectivity index is 1.92. The first kappa shape index (κ1) is 16.4. The Morgan fingerprint density at radius 3 is 2.46 bits per heavy atom. The fourth-order valence-corrected chi connectivity index (χ4v) is 3.02. The maximum absolute atomic E-state index is 13.0. The molecule has 0 fully saturated rings. The standard InChI is InChI=1S/C20H20F2N2/c1-2-18(16-9-6-10-17(13-16)19(21)22)20-23-11-12-24(20)14-15-7-4-3-5-8-15/h3-13,18-19H,2,14H2,1H3. The summed E-state index contributed by atoms with van der Waals surface area (Å²) in [5, 5.41) is 0. The molecule has 3 aromatic rings. The van der Waals surface area contributed by atoms with Crippen molar-refractivity contribution in [3.8, 4) is 0 Å². The van der Waals surface area contributed by atoms with Gasteiger partial charge >= 0.3 is 0 Å². The number of alkyl halides is 2. The molecule has 2 aromatic carbocycles. The number of aromatic nitrogens is 2. The summed E-state index contributed by atoms with van der Waals surface area (Å²) in [6.07, 6.45) is 2.07. The average molecular weight is 326 g/mol. The number of nitrogens with zero attached hydrogens (tertiary/aromatic N) is 2. The van der Waals surface area contributed by atoms with Crippen LogP contribution in [0.5, 0.6) is 0 Å². The number of imidazole rings is 1. The lowest BCUT2D eigenvalue weighted by molar-refractivity contribution is 0.151. The van der Waals surface area contributed by atoms with Crippen LogP contribution in [-0.2, 0) is 6.54 Å². The van der Waals surface area contributed by atoms with Gasteiger partial charge in [-0.05, 0) is 23.6 Å². The van der Waals surface area contributed by atoms with E-state index in [9.17, 15) is 8.78 Å². The van der Waals surface area contributed by atoms with Gasteiger partial charge in [0.05, 0.1) is 0 Å². The Kier molecular flexibility index (Phi) is 5.04. The van der Waals surface area contributed by atoms with Crippen LogP contribution in [0.4, 0.5) is 8.78 Å². The molecule has 2 nitrogen and oxygen atoms in total. The molecule has 0 aliphatic carbocycles. The molecule has 0 amide bonds. The second-order valence-corrected chi connectivity index (χ2v) is 5.83. The third kappa shape index (κ3) is 3.53. The van der Waals surface area contributed by atoms with Gasteiger partial charge in [0.2, 0.25) is 0 Å². The van der Waals surface area contributed by atoms with Crippen molar-refractivity contribution in [1.82, 2.24) is 9.55 Å². The van der Waals surface area contributed by atoms with E-state index in [1.54, 1.807) is 18.3 Å². The SMILES string of the molecule is CCC(c1cccc(C(F)F)c1)c1nccn1Cc1ccccc1. The Morgan fingerprint density at radius 1 is 1.00 bits per heavy atom. The van der Waals surface area contributed by atoms with Crippen LogP contribution in [-0.4, -0.2) is 9.55 Å². The molecule has 0 saturated carbocycles. The van der Waals surface area contributed by atoms with Crippen LogP contribution < -0.4 is 0 Å². The summed E-state index contributed by atoms with van der Waals surface area (Å²) in [5.74, 6) is 0.912. The second-order valence-electron chi connectivity index (χ2n) is 5.83. The van der Waals surface area contributed by atoms with E-state index in [0.29, 0.717) is 0 Å². The van der Waals surface area contributed by atoms with Crippen molar-refractivity contribution in [2.45, 2.75) is 32.2 Å². The third-order valence-electron chi connectivity index (χ3n) is 4.23. The molecule has 0 radical (unpaired) electrons. The van der Waals surface area contributed by atoms with Crippen LogP contribution in [0.2, 0.25) is 0 Å². The molecule has 0 aliphatic heterocycles. The average Bonchev–Trinajstić information content (AvgIpc) is 3.05. The van der Waals surface area contributed by atoms with Crippen molar-refractivity contribution < 1.29 is 8.78 Å². The molecule has 1 unspecified atom stereocenters. The summed E-state index contributed by atoms with van der Waals surface area (Å²) >= 11 is 0. The van der Waals surface area contributed by atoms with Crippen LogP contribution in [0.1, 0.15) is 48.2 Å². The molecule has 0 spiro atoms. The van der Waals surface area contributed by atoms with Gasteiger partial charge in [0, 0.05) is 30.4 Å². The van der Waals surface area contributed by atoms with Crippen LogP contribution in [0.15, 0.2) is 67.0 Å². The Bertz CT molecular complexity index is 781. The van der Waals surface area contributed by atoms with E-state index >= 15 is 0 Å². The van der Waals surface area contributed by atoms with Crippen LogP contribution in [0.25, 0.3) is 0 Å². The predicted octanol–water partition coefficient (Wildman–Crippen LogP) is 5.41. The second kappa shape index (κ2) is 7.39. The highest BCUT2D eigenvalue weighted by atomic mass is 19.3. The Morgan fingerprint density at radius 2 is 1.75 bits per heavy atom. The van der Waals surface area contributed by atoms with Gasteiger partial charge in [-0.25, -0.2) is 13.8 Å². The van der Waals surface area contributed by atoms with Crippen molar-refractivity contribution in [3.05, 3.63) is 89.5 Å². The highest BCUT2D eigenvalue weighted by Crippen LogP contribution is 2.30. The van der Waals surface area contributed by atoms with Crippen molar-refractivity contribution in [1.29, 1.82) is 0 Å². The van der Waals surface area contributed by atoms with Gasteiger partial charge in [0.25, 0.3) is 6.43 Å². The minimum Gasteiger partial charge on any atom is -0.330 e. The van der Waals surface area contributed by atoms with E-state index in [1.165, 1.54) is 11.6 Å². The smallest absolute Gasteiger partial charge is 0.263 e. The van der Waals surface area contributed by atoms with Gasteiger partial charge in [-0.2, -0.15) is 0 Å². The van der Waals surface area contributed by atoms with E-state index in [1.807, 2.05) is 30.5 Å². The predicted molar refractivity (Wildman–Crippen MR) is 91.3 cm³/mol. The molecule has 0 saturated heterocycles. The maximum atomic E-state index is 13.0. The minimum atomic E-state index is -2.45. The van der Waals surface area contributed by atoms with Gasteiger partial charge in [0.15, 0.2) is 0 Å². The van der Waals surface area contributed by atoms with Crippen LogP contribution in [0, 0.1) is 0 Å². The summed E-state index contributed by atoms with van der Waals surface area (Å²) in [6, 6.07) is 16.8. The van der Waals surface area contributed by atoms with Gasteiger partial charge in [-0.3, -0.25) is 0 Å². The van der Waals surface area contributed by atoms with E-state index in [4.69, 9.17) is 0 Å². The van der Waals surface area contributed by atoms with Crippen molar-refractivity contribution >= 4 is 0 Å². The molecule has 0 bridgehead atoms. The quantitative estimate of drug-likeness (QED) is 0.592. The zero-order valence-corrected chi connectivity index (χ0v) is 13.6. The topological polar surface area (TPSA) is 17.8 Å². The van der Waals surface area contributed by atoms with E-state index in [-0.39, 0.29) is 11.5 Å². The first-order chi connectivity index (χ1) is 11.7. The number of halogens is 2. The normalized spacial score (nSPS) is 12.5. The summed E-state index contributed by atoms with van der Waals surface area (Å²) in [4.78, 5) is 4.51. The summed E-state index contributed by atoms with van der Waals surface area (Å²) < 4.78 is 28.1. The molecule has 124 valence electrons. The lowest BCUT2D eigenvalue weighted by Crippen LogP contribution is -2.11. The first-order valence-electron chi connectivity index (χ1n) is 8.12.